The van der Waals surface area contributed by atoms with Gasteiger partial charge in [0.2, 0.25) is 0 Å². The lowest BCUT2D eigenvalue weighted by Gasteiger charge is -2.08. The molecule has 1 heterocycles. The summed E-state index contributed by atoms with van der Waals surface area (Å²) in [6, 6.07) is 18.0. The highest BCUT2D eigenvalue weighted by Crippen LogP contribution is 2.21. The number of amides is 1. The van der Waals surface area contributed by atoms with Crippen molar-refractivity contribution >= 4 is 54.8 Å². The molecule has 158 valence electrons. The highest BCUT2D eigenvalue weighted by molar-refractivity contribution is 7.92. The molecule has 0 unspecified atom stereocenters. The number of carbonyl (C=O) groups excluding carboxylic acids is 1. The predicted molar refractivity (Wildman–Crippen MR) is 124 cm³/mol. The van der Waals surface area contributed by atoms with Gasteiger partial charge in [-0.1, -0.05) is 35.1 Å². The van der Waals surface area contributed by atoms with Crippen LogP contribution in [-0.4, -0.2) is 18.9 Å². The summed E-state index contributed by atoms with van der Waals surface area (Å²) >= 11 is 7.26. The Morgan fingerprint density at radius 1 is 1.03 bits per heavy atom. The fourth-order valence-corrected chi connectivity index (χ4v) is 5.44. The minimum atomic E-state index is -3.75. The van der Waals surface area contributed by atoms with E-state index in [2.05, 4.69) is 9.71 Å². The lowest BCUT2D eigenvalue weighted by molar-refractivity contribution is 0.0998. The van der Waals surface area contributed by atoms with Crippen LogP contribution < -0.4 is 9.52 Å². The molecule has 1 aromatic heterocycles. The fraction of sp³-hybridized carbons (Fsp3) is 0.0909. The topological polar surface area (TPSA) is 80.5 Å². The Balaban J connectivity index is 1.58. The van der Waals surface area contributed by atoms with E-state index in [0.717, 1.165) is 15.8 Å². The number of hydrogen-bond acceptors (Lipinski definition) is 4. The number of benzene rings is 3. The van der Waals surface area contributed by atoms with Crippen LogP contribution in [0.3, 0.4) is 0 Å². The van der Waals surface area contributed by atoms with Crippen LogP contribution in [0.1, 0.15) is 15.9 Å². The summed E-state index contributed by atoms with van der Waals surface area (Å²) in [5.41, 5.74) is 2.87. The monoisotopic (exact) mass is 471 g/mol. The van der Waals surface area contributed by atoms with Crippen LogP contribution in [0.25, 0.3) is 10.2 Å². The number of aryl methyl sites for hydroxylation is 2. The van der Waals surface area contributed by atoms with Crippen molar-refractivity contribution in [3.05, 3.63) is 87.7 Å². The Kier molecular flexibility index (Phi) is 5.70. The highest BCUT2D eigenvalue weighted by Gasteiger charge is 2.14. The maximum Gasteiger partial charge on any atom is 0.279 e. The molecular formula is C22H18ClN3O3S2. The van der Waals surface area contributed by atoms with Crippen molar-refractivity contribution in [3.8, 4) is 0 Å². The van der Waals surface area contributed by atoms with E-state index in [4.69, 9.17) is 11.6 Å². The summed E-state index contributed by atoms with van der Waals surface area (Å²) in [6.07, 6.45) is 0. The molecule has 0 bridgehead atoms. The number of carbonyl (C=O) groups is 1. The molecule has 0 aliphatic rings. The zero-order valence-electron chi connectivity index (χ0n) is 16.7. The van der Waals surface area contributed by atoms with Crippen molar-refractivity contribution in [2.24, 2.45) is 12.0 Å². The number of aromatic nitrogens is 1. The van der Waals surface area contributed by atoms with Crippen LogP contribution in [0.5, 0.6) is 0 Å². The number of fused-ring (bicyclic) bond motifs is 1. The minimum Gasteiger partial charge on any atom is -0.319 e. The summed E-state index contributed by atoms with van der Waals surface area (Å²) < 4.78 is 30.4. The predicted octanol–water partition coefficient (Wildman–Crippen LogP) is 4.74. The molecule has 0 radical (unpaired) electrons. The fourth-order valence-electron chi connectivity index (χ4n) is 3.16. The molecule has 1 N–H and O–H groups in total. The molecule has 31 heavy (non-hydrogen) atoms. The van der Waals surface area contributed by atoms with Crippen molar-refractivity contribution in [3.63, 3.8) is 0 Å². The van der Waals surface area contributed by atoms with Crippen LogP contribution in [-0.2, 0) is 17.1 Å². The third kappa shape index (κ3) is 4.41. The number of para-hydroxylation sites is 1. The first-order valence-electron chi connectivity index (χ1n) is 9.27. The van der Waals surface area contributed by atoms with Crippen molar-refractivity contribution in [1.82, 2.24) is 4.57 Å². The summed E-state index contributed by atoms with van der Waals surface area (Å²) in [7, 11) is -1.87. The molecule has 0 fully saturated rings. The van der Waals surface area contributed by atoms with Crippen LogP contribution in [0.15, 0.2) is 76.6 Å². The summed E-state index contributed by atoms with van der Waals surface area (Å²) in [4.78, 5) is 17.6. The lowest BCUT2D eigenvalue weighted by atomic mass is 10.2. The van der Waals surface area contributed by atoms with E-state index in [1.165, 1.54) is 47.7 Å². The largest absolute Gasteiger partial charge is 0.319 e. The molecule has 0 atom stereocenters. The average Bonchev–Trinajstić information content (AvgIpc) is 3.05. The Bertz CT molecular complexity index is 1450. The third-order valence-corrected chi connectivity index (χ3v) is 7.48. The number of anilines is 1. The summed E-state index contributed by atoms with van der Waals surface area (Å²) in [5, 5.41) is 0.452. The number of hydrogen-bond donors (Lipinski definition) is 1. The van der Waals surface area contributed by atoms with Gasteiger partial charge >= 0.3 is 0 Å². The molecule has 0 aliphatic heterocycles. The molecule has 9 heteroatoms. The van der Waals surface area contributed by atoms with E-state index in [0.29, 0.717) is 21.1 Å². The molecule has 0 spiro atoms. The molecule has 4 aromatic rings. The van der Waals surface area contributed by atoms with Crippen molar-refractivity contribution in [2.75, 3.05) is 4.72 Å². The van der Waals surface area contributed by atoms with Crippen molar-refractivity contribution < 1.29 is 13.2 Å². The lowest BCUT2D eigenvalue weighted by Crippen LogP contribution is -2.14. The van der Waals surface area contributed by atoms with Crippen LogP contribution >= 0.6 is 22.9 Å². The molecule has 0 aliphatic carbocycles. The van der Waals surface area contributed by atoms with Gasteiger partial charge in [0.15, 0.2) is 4.80 Å². The Morgan fingerprint density at radius 3 is 2.35 bits per heavy atom. The second kappa shape index (κ2) is 8.30. The maximum absolute atomic E-state index is 12.7. The number of nitrogens with one attached hydrogen (secondary N) is 1. The Morgan fingerprint density at radius 2 is 1.71 bits per heavy atom. The van der Waals surface area contributed by atoms with Gasteiger partial charge in [-0.2, -0.15) is 4.99 Å². The molecule has 3 aromatic carbocycles. The van der Waals surface area contributed by atoms with Gasteiger partial charge in [0.05, 0.1) is 15.1 Å². The smallest absolute Gasteiger partial charge is 0.279 e. The van der Waals surface area contributed by atoms with E-state index in [-0.39, 0.29) is 4.90 Å². The van der Waals surface area contributed by atoms with E-state index < -0.39 is 15.9 Å². The number of nitrogens with zero attached hydrogens (tertiary/aromatic N) is 2. The van der Waals surface area contributed by atoms with Crippen molar-refractivity contribution in [1.29, 1.82) is 0 Å². The van der Waals surface area contributed by atoms with Gasteiger partial charge in [-0.05, 0) is 67.1 Å². The molecule has 1 amide bonds. The van der Waals surface area contributed by atoms with Gasteiger partial charge in [0.25, 0.3) is 15.9 Å². The van der Waals surface area contributed by atoms with E-state index in [1.54, 1.807) is 12.1 Å². The normalized spacial score (nSPS) is 12.3. The Labute approximate surface area is 188 Å². The average molecular weight is 472 g/mol. The zero-order valence-corrected chi connectivity index (χ0v) is 19.1. The molecular weight excluding hydrogens is 454 g/mol. The van der Waals surface area contributed by atoms with Crippen LogP contribution in [0.2, 0.25) is 5.02 Å². The van der Waals surface area contributed by atoms with Gasteiger partial charge in [-0.25, -0.2) is 8.42 Å². The molecule has 0 saturated carbocycles. The summed E-state index contributed by atoms with van der Waals surface area (Å²) in [5.74, 6) is -0.396. The number of rotatable bonds is 4. The quantitative estimate of drug-likeness (QED) is 0.466. The van der Waals surface area contributed by atoms with Gasteiger partial charge in [0.1, 0.15) is 0 Å². The first kappa shape index (κ1) is 21.3. The van der Waals surface area contributed by atoms with Crippen LogP contribution in [0.4, 0.5) is 5.69 Å². The minimum absolute atomic E-state index is 0.0969. The van der Waals surface area contributed by atoms with E-state index >= 15 is 0 Å². The molecule has 6 nitrogen and oxygen atoms in total. The first-order valence-corrected chi connectivity index (χ1v) is 11.9. The third-order valence-electron chi connectivity index (χ3n) is 4.73. The number of sulfonamides is 1. The van der Waals surface area contributed by atoms with Crippen LogP contribution in [0, 0.1) is 6.92 Å². The standard InChI is InChI=1S/C22H18ClN3O3S2/c1-14-4-3-5-19-20(14)26(2)22(30-19)24-21(27)15-6-10-17(11-7-15)25-31(28,29)18-12-8-16(23)9-13-18/h3-13,25H,1-2H3. The second-order valence-corrected chi connectivity index (χ2v) is 10.0. The second-order valence-electron chi connectivity index (χ2n) is 6.92. The van der Waals surface area contributed by atoms with E-state index in [9.17, 15) is 13.2 Å². The number of halogens is 1. The zero-order chi connectivity index (χ0) is 22.2. The maximum atomic E-state index is 12.7. The number of thiazole rings is 1. The Hall–Kier alpha value is -2.94. The first-order chi connectivity index (χ1) is 14.7. The van der Waals surface area contributed by atoms with Gasteiger partial charge in [-0.15, -0.1) is 0 Å². The van der Waals surface area contributed by atoms with Gasteiger partial charge in [-0.3, -0.25) is 9.52 Å². The summed E-state index contributed by atoms with van der Waals surface area (Å²) in [6.45, 7) is 2.02. The molecule has 4 rings (SSSR count). The molecule has 0 saturated heterocycles. The highest BCUT2D eigenvalue weighted by atomic mass is 35.5. The van der Waals surface area contributed by atoms with Crippen molar-refractivity contribution in [2.45, 2.75) is 11.8 Å². The van der Waals surface area contributed by atoms with E-state index in [1.807, 2.05) is 36.7 Å². The van der Waals surface area contributed by atoms with Gasteiger partial charge in [0, 0.05) is 23.3 Å². The van der Waals surface area contributed by atoms with Gasteiger partial charge < -0.3 is 4.57 Å². The SMILES string of the molecule is Cc1cccc2sc(=NC(=O)c3ccc(NS(=O)(=O)c4ccc(Cl)cc4)cc3)n(C)c12.